The molecule has 0 radical (unpaired) electrons. The minimum atomic E-state index is -3.48. The van der Waals surface area contributed by atoms with Crippen molar-refractivity contribution in [1.29, 1.82) is 0 Å². The topological polar surface area (TPSA) is 63.6 Å². The average Bonchev–Trinajstić information content (AvgIpc) is 2.06. The number of fused-ring (bicyclic) bond motifs is 1. The van der Waals surface area contributed by atoms with Gasteiger partial charge in [-0.1, -0.05) is 12.1 Å². The van der Waals surface area contributed by atoms with Crippen molar-refractivity contribution in [3.63, 3.8) is 0 Å². The quantitative estimate of drug-likeness (QED) is 0.625. The van der Waals surface area contributed by atoms with Crippen LogP contribution in [0.15, 0.2) is 18.2 Å². The van der Waals surface area contributed by atoms with Gasteiger partial charge in [0, 0.05) is 5.56 Å². The molecule has 0 fully saturated rings. The van der Waals surface area contributed by atoms with E-state index in [0.717, 1.165) is 5.56 Å². The van der Waals surface area contributed by atoms with E-state index in [1.165, 1.54) is 6.07 Å². The number of hydrogen-bond acceptors (Lipinski definition) is 4. The van der Waals surface area contributed by atoms with Crippen LogP contribution in [0, 0.1) is 0 Å². The third-order valence-corrected chi connectivity index (χ3v) is 3.03. The number of phenols is 1. The van der Waals surface area contributed by atoms with Crippen molar-refractivity contribution >= 4 is 10.1 Å². The summed E-state index contributed by atoms with van der Waals surface area (Å²) < 4.78 is 26.7. The van der Waals surface area contributed by atoms with E-state index in [1.807, 2.05) is 0 Å². The molecule has 1 aliphatic rings. The highest BCUT2D eigenvalue weighted by Gasteiger charge is 2.24. The van der Waals surface area contributed by atoms with Gasteiger partial charge in [-0.2, -0.15) is 8.42 Å². The minimum absolute atomic E-state index is 0.0244. The van der Waals surface area contributed by atoms with Gasteiger partial charge in [0.15, 0.2) is 11.5 Å². The number of para-hydroxylation sites is 1. The highest BCUT2D eigenvalue weighted by Crippen LogP contribution is 2.34. The van der Waals surface area contributed by atoms with Gasteiger partial charge in [-0.3, -0.25) is 0 Å². The normalized spacial score (nSPS) is 18.8. The van der Waals surface area contributed by atoms with Crippen molar-refractivity contribution < 1.29 is 17.7 Å². The van der Waals surface area contributed by atoms with Crippen molar-refractivity contribution in [2.24, 2.45) is 0 Å². The molecule has 1 aliphatic heterocycles. The Kier molecular flexibility index (Phi) is 1.69. The van der Waals surface area contributed by atoms with E-state index in [2.05, 4.69) is 4.18 Å². The van der Waals surface area contributed by atoms with Gasteiger partial charge in [0.05, 0.1) is 5.75 Å². The summed E-state index contributed by atoms with van der Waals surface area (Å²) >= 11 is 0. The Morgan fingerprint density at radius 1 is 1.38 bits per heavy atom. The summed E-state index contributed by atoms with van der Waals surface area (Å²) in [7, 11) is -3.48. The van der Waals surface area contributed by atoms with E-state index >= 15 is 0 Å². The van der Waals surface area contributed by atoms with Crippen LogP contribution in [0.3, 0.4) is 0 Å². The molecular weight excluding hydrogens is 192 g/mol. The summed E-state index contributed by atoms with van der Waals surface area (Å²) in [6.45, 7) is 0. The van der Waals surface area contributed by atoms with E-state index < -0.39 is 10.1 Å². The maximum absolute atomic E-state index is 11.0. The second-order valence-corrected chi connectivity index (χ2v) is 4.55. The van der Waals surface area contributed by atoms with Crippen molar-refractivity contribution in [2.75, 3.05) is 5.75 Å². The number of aryl methyl sites for hydroxylation is 1. The molecule has 0 bridgehead atoms. The first-order chi connectivity index (χ1) is 6.08. The second-order valence-electron chi connectivity index (χ2n) is 2.86. The molecule has 0 aliphatic carbocycles. The molecule has 0 saturated heterocycles. The Bertz CT molecular complexity index is 435. The molecule has 5 heteroatoms. The van der Waals surface area contributed by atoms with Crippen LogP contribution >= 0.6 is 0 Å². The third-order valence-electron chi connectivity index (χ3n) is 1.91. The largest absolute Gasteiger partial charge is 0.504 e. The Hall–Kier alpha value is -1.23. The SMILES string of the molecule is O=S1(=O)CCc2cccc(O)c2O1. The van der Waals surface area contributed by atoms with Gasteiger partial charge in [-0.25, -0.2) is 0 Å². The summed E-state index contributed by atoms with van der Waals surface area (Å²) in [6.07, 6.45) is 0.395. The molecule has 0 saturated carbocycles. The van der Waals surface area contributed by atoms with E-state index in [0.29, 0.717) is 6.42 Å². The van der Waals surface area contributed by atoms with Gasteiger partial charge in [0.25, 0.3) is 0 Å². The Balaban J connectivity index is 2.56. The van der Waals surface area contributed by atoms with Crippen molar-refractivity contribution in [3.05, 3.63) is 23.8 Å². The number of hydrogen-bond donors (Lipinski definition) is 1. The van der Waals surface area contributed by atoms with Crippen LogP contribution in [0.25, 0.3) is 0 Å². The van der Waals surface area contributed by atoms with E-state index in [1.54, 1.807) is 12.1 Å². The second kappa shape index (κ2) is 2.63. The van der Waals surface area contributed by atoms with Gasteiger partial charge >= 0.3 is 10.1 Å². The van der Waals surface area contributed by atoms with Crippen molar-refractivity contribution in [1.82, 2.24) is 0 Å². The van der Waals surface area contributed by atoms with Crippen LogP contribution in [0.2, 0.25) is 0 Å². The zero-order chi connectivity index (χ0) is 9.47. The fourth-order valence-corrected chi connectivity index (χ4v) is 2.27. The van der Waals surface area contributed by atoms with Crippen LogP contribution in [-0.4, -0.2) is 19.3 Å². The standard InChI is InChI=1S/C8H8O4S/c9-7-3-1-2-6-4-5-13(10,11)12-8(6)7/h1-3,9H,4-5H2. The van der Waals surface area contributed by atoms with Crippen molar-refractivity contribution in [3.8, 4) is 11.5 Å². The molecule has 0 aromatic heterocycles. The van der Waals surface area contributed by atoms with Gasteiger partial charge < -0.3 is 9.29 Å². The predicted octanol–water partition coefficient (Wildman–Crippen LogP) is 0.657. The summed E-state index contributed by atoms with van der Waals surface area (Å²) in [5.41, 5.74) is 0.731. The average molecular weight is 200 g/mol. The van der Waals surface area contributed by atoms with Crippen LogP contribution < -0.4 is 4.18 Å². The van der Waals surface area contributed by atoms with Crippen molar-refractivity contribution in [2.45, 2.75) is 6.42 Å². The van der Waals surface area contributed by atoms with E-state index in [-0.39, 0.29) is 17.3 Å². The van der Waals surface area contributed by atoms with Gasteiger partial charge in [0.2, 0.25) is 0 Å². The van der Waals surface area contributed by atoms with E-state index in [9.17, 15) is 13.5 Å². The lowest BCUT2D eigenvalue weighted by atomic mass is 10.1. The van der Waals surface area contributed by atoms with Gasteiger partial charge in [-0.15, -0.1) is 0 Å². The maximum atomic E-state index is 11.0. The van der Waals surface area contributed by atoms with E-state index in [4.69, 9.17) is 0 Å². The molecule has 70 valence electrons. The lowest BCUT2D eigenvalue weighted by molar-refractivity contribution is 0.419. The summed E-state index contributed by atoms with van der Waals surface area (Å²) in [5.74, 6) is -0.0711. The number of aromatic hydroxyl groups is 1. The van der Waals surface area contributed by atoms with Crippen LogP contribution in [0.1, 0.15) is 5.56 Å². The van der Waals surface area contributed by atoms with Crippen LogP contribution in [-0.2, 0) is 16.5 Å². The Labute approximate surface area is 75.9 Å². The summed E-state index contributed by atoms with van der Waals surface area (Å²) in [6, 6.07) is 4.80. The lowest BCUT2D eigenvalue weighted by Gasteiger charge is -2.17. The molecule has 0 unspecified atom stereocenters. The van der Waals surface area contributed by atoms with Gasteiger partial charge in [0.1, 0.15) is 0 Å². The third kappa shape index (κ3) is 1.47. The zero-order valence-electron chi connectivity index (χ0n) is 6.73. The molecule has 1 N–H and O–H groups in total. The predicted molar refractivity (Wildman–Crippen MR) is 46.2 cm³/mol. The maximum Gasteiger partial charge on any atom is 0.309 e. The first kappa shape index (κ1) is 8.37. The monoisotopic (exact) mass is 200 g/mol. The van der Waals surface area contributed by atoms with Crippen LogP contribution in [0.5, 0.6) is 11.5 Å². The molecule has 1 aromatic rings. The molecule has 2 rings (SSSR count). The first-order valence-electron chi connectivity index (χ1n) is 3.81. The Morgan fingerprint density at radius 3 is 2.92 bits per heavy atom. The zero-order valence-corrected chi connectivity index (χ0v) is 7.54. The summed E-state index contributed by atoms with van der Waals surface area (Å²) in [4.78, 5) is 0. The lowest BCUT2D eigenvalue weighted by Crippen LogP contribution is -2.21. The molecule has 13 heavy (non-hydrogen) atoms. The molecule has 4 nitrogen and oxygen atoms in total. The van der Waals surface area contributed by atoms with Crippen LogP contribution in [0.4, 0.5) is 0 Å². The number of rotatable bonds is 0. The Morgan fingerprint density at radius 2 is 2.15 bits per heavy atom. The number of benzene rings is 1. The minimum Gasteiger partial charge on any atom is -0.504 e. The molecule has 0 amide bonds. The van der Waals surface area contributed by atoms with Gasteiger partial charge in [-0.05, 0) is 12.5 Å². The number of phenolic OH excluding ortho intramolecular Hbond substituents is 1. The summed E-state index contributed by atoms with van der Waals surface area (Å²) in [5, 5.41) is 9.30. The molecule has 0 spiro atoms. The first-order valence-corrected chi connectivity index (χ1v) is 5.39. The fourth-order valence-electron chi connectivity index (χ4n) is 1.27. The fraction of sp³-hybridized carbons (Fsp3) is 0.250. The smallest absolute Gasteiger partial charge is 0.309 e. The highest BCUT2D eigenvalue weighted by molar-refractivity contribution is 7.87. The molecule has 1 aromatic carbocycles. The molecular formula is C8H8O4S. The molecule has 1 heterocycles. The highest BCUT2D eigenvalue weighted by atomic mass is 32.2. The molecule has 0 atom stereocenters.